The highest BCUT2D eigenvalue weighted by atomic mass is 35.5. The SMILES string of the molecule is C[C@@H]1Cc2cc(C(=O)Nc3ccc(Cl)cc3C(=O)c3ccccc3)ccc2N1S(=O)(=O)c1ccc(F)cc1. The van der Waals surface area contributed by atoms with E-state index in [0.29, 0.717) is 39.5 Å². The zero-order valence-electron chi connectivity index (χ0n) is 20.2. The van der Waals surface area contributed by atoms with Crippen molar-refractivity contribution in [3.63, 3.8) is 0 Å². The molecule has 4 aromatic carbocycles. The lowest BCUT2D eigenvalue weighted by molar-refractivity contribution is 0.102. The van der Waals surface area contributed by atoms with Crippen molar-refractivity contribution in [3.05, 3.63) is 124 Å². The average Bonchev–Trinajstić information content (AvgIpc) is 3.25. The zero-order valence-corrected chi connectivity index (χ0v) is 21.8. The molecule has 0 unspecified atom stereocenters. The zero-order chi connectivity index (χ0) is 27.0. The third-order valence-electron chi connectivity index (χ3n) is 6.38. The summed E-state index contributed by atoms with van der Waals surface area (Å²) in [5, 5.41) is 3.15. The quantitative estimate of drug-likeness (QED) is 0.295. The first kappa shape index (κ1) is 25.6. The van der Waals surface area contributed by atoms with Crippen molar-refractivity contribution in [2.75, 3.05) is 9.62 Å². The molecule has 6 nitrogen and oxygen atoms in total. The van der Waals surface area contributed by atoms with Gasteiger partial charge in [0.15, 0.2) is 5.78 Å². The first-order chi connectivity index (χ1) is 18.1. The van der Waals surface area contributed by atoms with Crippen molar-refractivity contribution in [2.24, 2.45) is 0 Å². The van der Waals surface area contributed by atoms with Gasteiger partial charge in [-0.15, -0.1) is 0 Å². The number of sulfonamides is 1. The number of amides is 1. The van der Waals surface area contributed by atoms with Crippen molar-refractivity contribution in [1.29, 1.82) is 0 Å². The van der Waals surface area contributed by atoms with E-state index in [4.69, 9.17) is 11.6 Å². The molecule has 9 heteroatoms. The number of ketones is 1. The van der Waals surface area contributed by atoms with E-state index >= 15 is 0 Å². The van der Waals surface area contributed by atoms with Crippen LogP contribution >= 0.6 is 11.6 Å². The topological polar surface area (TPSA) is 83.6 Å². The number of nitrogens with zero attached hydrogens (tertiary/aromatic N) is 1. The lowest BCUT2D eigenvalue weighted by Crippen LogP contribution is -2.35. The number of fused-ring (bicyclic) bond motifs is 1. The second kappa shape index (κ2) is 10.0. The number of hydrogen-bond donors (Lipinski definition) is 1. The van der Waals surface area contributed by atoms with E-state index < -0.39 is 27.8 Å². The van der Waals surface area contributed by atoms with E-state index in [-0.39, 0.29) is 16.2 Å². The second-order valence-electron chi connectivity index (χ2n) is 8.99. The van der Waals surface area contributed by atoms with Crippen LogP contribution in [0.4, 0.5) is 15.8 Å². The minimum atomic E-state index is -3.93. The summed E-state index contributed by atoms with van der Waals surface area (Å²) in [6, 6.07) is 22.4. The number of carbonyl (C=O) groups is 2. The van der Waals surface area contributed by atoms with Crippen molar-refractivity contribution in [3.8, 4) is 0 Å². The number of halogens is 2. The molecule has 38 heavy (non-hydrogen) atoms. The van der Waals surface area contributed by atoms with Gasteiger partial charge in [0.05, 0.1) is 16.3 Å². The first-order valence-electron chi connectivity index (χ1n) is 11.8. The van der Waals surface area contributed by atoms with Crippen LogP contribution in [-0.2, 0) is 16.4 Å². The molecule has 0 radical (unpaired) electrons. The molecule has 0 saturated heterocycles. The molecule has 0 spiro atoms. The summed E-state index contributed by atoms with van der Waals surface area (Å²) in [6.45, 7) is 1.77. The molecule has 1 heterocycles. The second-order valence-corrected chi connectivity index (χ2v) is 11.2. The summed E-state index contributed by atoms with van der Waals surface area (Å²) in [6.07, 6.45) is 0.398. The number of nitrogens with one attached hydrogen (secondary N) is 1. The molecule has 0 saturated carbocycles. The molecule has 192 valence electrons. The molecule has 0 bridgehead atoms. The van der Waals surface area contributed by atoms with Gasteiger partial charge in [-0.3, -0.25) is 13.9 Å². The Kier molecular flexibility index (Phi) is 6.77. The molecule has 5 rings (SSSR count). The maximum atomic E-state index is 13.3. The molecule has 0 aromatic heterocycles. The maximum absolute atomic E-state index is 13.3. The molecule has 1 atom stereocenters. The lowest BCUT2D eigenvalue weighted by atomic mass is 10.0. The van der Waals surface area contributed by atoms with Gasteiger partial charge in [-0.2, -0.15) is 0 Å². The van der Waals surface area contributed by atoms with Crippen molar-refractivity contribution in [2.45, 2.75) is 24.3 Å². The smallest absolute Gasteiger partial charge is 0.264 e. The van der Waals surface area contributed by atoms with Crippen LogP contribution in [0.2, 0.25) is 5.02 Å². The number of anilines is 2. The maximum Gasteiger partial charge on any atom is 0.264 e. The highest BCUT2D eigenvalue weighted by molar-refractivity contribution is 7.92. The molecule has 1 aliphatic rings. The van der Waals surface area contributed by atoms with Gasteiger partial charge in [-0.1, -0.05) is 41.9 Å². The van der Waals surface area contributed by atoms with Crippen LogP contribution in [0.5, 0.6) is 0 Å². The monoisotopic (exact) mass is 548 g/mol. The van der Waals surface area contributed by atoms with Crippen LogP contribution in [0, 0.1) is 5.82 Å². The molecule has 1 N–H and O–H groups in total. The van der Waals surface area contributed by atoms with Crippen molar-refractivity contribution in [1.82, 2.24) is 0 Å². The predicted octanol–water partition coefficient (Wildman–Crippen LogP) is 6.10. The third kappa shape index (κ3) is 4.80. The Morgan fingerprint density at radius 2 is 1.63 bits per heavy atom. The molecule has 1 aliphatic heterocycles. The van der Waals surface area contributed by atoms with Crippen LogP contribution < -0.4 is 9.62 Å². The Labute approximate surface area is 224 Å². The van der Waals surface area contributed by atoms with Gasteiger partial charge in [0.2, 0.25) is 0 Å². The van der Waals surface area contributed by atoms with Gasteiger partial charge in [-0.25, -0.2) is 12.8 Å². The minimum absolute atomic E-state index is 0.0150. The highest BCUT2D eigenvalue weighted by Gasteiger charge is 2.36. The Morgan fingerprint density at radius 1 is 0.921 bits per heavy atom. The number of rotatable bonds is 6. The van der Waals surface area contributed by atoms with Crippen LogP contribution in [-0.4, -0.2) is 26.2 Å². The van der Waals surface area contributed by atoms with Gasteiger partial charge in [0.1, 0.15) is 5.82 Å². The van der Waals surface area contributed by atoms with E-state index in [9.17, 15) is 22.4 Å². The summed E-state index contributed by atoms with van der Waals surface area (Å²) in [5.74, 6) is -1.26. The van der Waals surface area contributed by atoms with Gasteiger partial charge in [0.25, 0.3) is 15.9 Å². The van der Waals surface area contributed by atoms with E-state index in [1.54, 1.807) is 61.5 Å². The van der Waals surface area contributed by atoms with Crippen LogP contribution in [0.3, 0.4) is 0 Å². The lowest BCUT2D eigenvalue weighted by Gasteiger charge is -2.24. The fourth-order valence-electron chi connectivity index (χ4n) is 4.58. The minimum Gasteiger partial charge on any atom is -0.321 e. The van der Waals surface area contributed by atoms with Crippen LogP contribution in [0.25, 0.3) is 0 Å². The summed E-state index contributed by atoms with van der Waals surface area (Å²) in [4.78, 5) is 26.3. The Bertz CT molecular complexity index is 1660. The molecule has 4 aromatic rings. The van der Waals surface area contributed by atoms with E-state index in [2.05, 4.69) is 5.32 Å². The van der Waals surface area contributed by atoms with E-state index in [1.807, 2.05) is 0 Å². The van der Waals surface area contributed by atoms with Crippen LogP contribution in [0.1, 0.15) is 38.8 Å². The fourth-order valence-corrected chi connectivity index (χ4v) is 6.45. The number of benzene rings is 4. The van der Waals surface area contributed by atoms with Gasteiger partial charge >= 0.3 is 0 Å². The van der Waals surface area contributed by atoms with E-state index in [0.717, 1.165) is 12.1 Å². The van der Waals surface area contributed by atoms with Crippen LogP contribution in [0.15, 0.2) is 95.9 Å². The molecular formula is C29H22ClFN2O4S. The normalized spacial score (nSPS) is 14.7. The Hall–Kier alpha value is -4.01. The summed E-state index contributed by atoms with van der Waals surface area (Å²) in [5.41, 5.74) is 2.48. The average molecular weight is 549 g/mol. The van der Waals surface area contributed by atoms with E-state index in [1.165, 1.54) is 28.6 Å². The van der Waals surface area contributed by atoms with Gasteiger partial charge in [0, 0.05) is 27.8 Å². The van der Waals surface area contributed by atoms with Gasteiger partial charge in [-0.05, 0) is 79.6 Å². The predicted molar refractivity (Wildman–Crippen MR) is 145 cm³/mol. The summed E-state index contributed by atoms with van der Waals surface area (Å²) < 4.78 is 41.3. The molecule has 0 aliphatic carbocycles. The summed E-state index contributed by atoms with van der Waals surface area (Å²) >= 11 is 6.14. The van der Waals surface area contributed by atoms with Gasteiger partial charge < -0.3 is 5.32 Å². The largest absolute Gasteiger partial charge is 0.321 e. The Morgan fingerprint density at radius 3 is 2.34 bits per heavy atom. The highest BCUT2D eigenvalue weighted by Crippen LogP contribution is 2.37. The Balaban J connectivity index is 1.43. The fraction of sp³-hybridized carbons (Fsp3) is 0.103. The standard InChI is InChI=1S/C29H22ClFN2O4S/c1-18-15-21-16-20(7-14-27(21)33(18)38(36,37)24-11-9-23(31)10-12-24)29(35)32-26-13-8-22(30)17-25(26)28(34)19-5-3-2-4-6-19/h2-14,16-18H,15H2,1H3,(H,32,35)/t18-/m1/s1. The first-order valence-corrected chi connectivity index (χ1v) is 13.6. The molecule has 1 amide bonds. The summed E-state index contributed by atoms with van der Waals surface area (Å²) in [7, 11) is -3.93. The molecular weight excluding hydrogens is 527 g/mol. The number of hydrogen-bond acceptors (Lipinski definition) is 4. The number of carbonyl (C=O) groups excluding carboxylic acids is 2. The third-order valence-corrected chi connectivity index (χ3v) is 8.55. The van der Waals surface area contributed by atoms with Crippen molar-refractivity contribution >= 4 is 44.7 Å². The molecule has 0 fully saturated rings. The van der Waals surface area contributed by atoms with Crippen molar-refractivity contribution < 1.29 is 22.4 Å².